The lowest BCUT2D eigenvalue weighted by atomic mass is 9.86. The number of carboxylic acid groups (broad SMARTS) is 1. The predicted molar refractivity (Wildman–Crippen MR) is 132 cm³/mol. The van der Waals surface area contributed by atoms with Crippen LogP contribution in [0, 0.1) is 18.2 Å². The minimum atomic E-state index is -4.82. The molecule has 1 atom stereocenters. The van der Waals surface area contributed by atoms with Crippen LogP contribution in [0.3, 0.4) is 0 Å². The van der Waals surface area contributed by atoms with E-state index in [2.05, 4.69) is 14.7 Å². The number of nitrogens with zero attached hydrogens (tertiary/aromatic N) is 3. The molecular formula is C25H24F4N4O4S. The molecule has 8 nitrogen and oxygen atoms in total. The number of sulfonamides is 1. The molecule has 2 aromatic heterocycles. The van der Waals surface area contributed by atoms with E-state index in [0.717, 1.165) is 18.2 Å². The molecule has 1 fully saturated rings. The lowest BCUT2D eigenvalue weighted by Crippen LogP contribution is -2.28. The number of carbonyl (C=O) groups is 1. The van der Waals surface area contributed by atoms with Crippen LogP contribution in [0.2, 0.25) is 0 Å². The fourth-order valence-electron chi connectivity index (χ4n) is 4.45. The third-order valence-corrected chi connectivity index (χ3v) is 7.59. The van der Waals surface area contributed by atoms with Crippen LogP contribution in [0.1, 0.15) is 30.9 Å². The van der Waals surface area contributed by atoms with Gasteiger partial charge in [-0.05, 0) is 60.7 Å². The number of hydrogen-bond acceptors (Lipinski definition) is 6. The number of anilines is 2. The van der Waals surface area contributed by atoms with Gasteiger partial charge in [0.25, 0.3) is 10.0 Å². The highest BCUT2D eigenvalue weighted by molar-refractivity contribution is 7.92. The Bertz CT molecular complexity index is 1500. The minimum absolute atomic E-state index is 0.0459. The second-order valence-corrected chi connectivity index (χ2v) is 11.2. The normalized spacial score (nSPS) is 18.0. The van der Waals surface area contributed by atoms with Crippen LogP contribution >= 0.6 is 0 Å². The first-order chi connectivity index (χ1) is 17.7. The number of rotatable bonds is 7. The van der Waals surface area contributed by atoms with Crippen LogP contribution in [-0.4, -0.2) is 42.6 Å². The van der Waals surface area contributed by atoms with Crippen LogP contribution in [0.4, 0.5) is 29.2 Å². The Morgan fingerprint density at radius 3 is 2.58 bits per heavy atom. The lowest BCUT2D eigenvalue weighted by molar-refractivity contribution is -0.139. The molecule has 0 amide bonds. The SMILES string of the molecule is Cc1ccc(F)cc1-c1nc(NS(=O)(=O)c2cccc(N3CCC(C)(CC(=O)O)C3)n2)ccc1C(F)(F)F. The van der Waals surface area contributed by atoms with Crippen LogP contribution in [0.25, 0.3) is 11.3 Å². The first-order valence-corrected chi connectivity index (χ1v) is 13.0. The second-order valence-electron chi connectivity index (χ2n) is 9.54. The predicted octanol–water partition coefficient (Wildman–Crippen LogP) is 5.10. The van der Waals surface area contributed by atoms with E-state index in [9.17, 15) is 30.8 Å². The molecular weight excluding hydrogens is 528 g/mol. The van der Waals surface area contributed by atoms with Gasteiger partial charge in [0.15, 0.2) is 5.03 Å². The molecule has 0 radical (unpaired) electrons. The number of benzene rings is 1. The fourth-order valence-corrected chi connectivity index (χ4v) is 5.41. The summed E-state index contributed by atoms with van der Waals surface area (Å²) in [6.45, 7) is 4.16. The number of pyridine rings is 2. The number of aliphatic carboxylic acids is 1. The summed E-state index contributed by atoms with van der Waals surface area (Å²) in [5.41, 5.74) is -2.08. The molecule has 1 aliphatic heterocycles. The molecule has 3 heterocycles. The molecule has 2 N–H and O–H groups in total. The van der Waals surface area contributed by atoms with Gasteiger partial charge < -0.3 is 10.0 Å². The molecule has 1 aliphatic rings. The van der Waals surface area contributed by atoms with Gasteiger partial charge in [-0.2, -0.15) is 21.6 Å². The van der Waals surface area contributed by atoms with E-state index < -0.39 is 55.5 Å². The number of halogens is 4. The van der Waals surface area contributed by atoms with Crippen LogP contribution in [0.15, 0.2) is 53.6 Å². The van der Waals surface area contributed by atoms with E-state index in [0.29, 0.717) is 37.0 Å². The van der Waals surface area contributed by atoms with Crippen molar-refractivity contribution in [2.45, 2.75) is 37.9 Å². The van der Waals surface area contributed by atoms with Gasteiger partial charge >= 0.3 is 12.1 Å². The Morgan fingerprint density at radius 2 is 1.89 bits per heavy atom. The van der Waals surface area contributed by atoms with Crippen molar-refractivity contribution in [3.8, 4) is 11.3 Å². The smallest absolute Gasteiger partial charge is 0.418 e. The Balaban J connectivity index is 1.65. The van der Waals surface area contributed by atoms with Gasteiger partial charge in [0.1, 0.15) is 17.5 Å². The van der Waals surface area contributed by atoms with Crippen molar-refractivity contribution in [1.82, 2.24) is 9.97 Å². The number of hydrogen-bond donors (Lipinski definition) is 2. The highest BCUT2D eigenvalue weighted by Crippen LogP contribution is 2.39. The molecule has 202 valence electrons. The van der Waals surface area contributed by atoms with E-state index in [4.69, 9.17) is 5.11 Å². The summed E-state index contributed by atoms with van der Waals surface area (Å²) in [5.74, 6) is -1.79. The van der Waals surface area contributed by atoms with Gasteiger partial charge in [-0.3, -0.25) is 9.52 Å². The Morgan fingerprint density at radius 1 is 1.16 bits per heavy atom. The van der Waals surface area contributed by atoms with Crippen molar-refractivity contribution < 1.29 is 35.9 Å². The number of nitrogens with one attached hydrogen (secondary N) is 1. The summed E-state index contributed by atoms with van der Waals surface area (Å²) < 4.78 is 83.3. The summed E-state index contributed by atoms with van der Waals surface area (Å²) in [6, 6.07) is 9.14. The third kappa shape index (κ3) is 5.87. The average molecular weight is 553 g/mol. The molecule has 1 unspecified atom stereocenters. The van der Waals surface area contributed by atoms with Crippen molar-refractivity contribution in [1.29, 1.82) is 0 Å². The van der Waals surface area contributed by atoms with Crippen molar-refractivity contribution in [3.05, 3.63) is 65.5 Å². The van der Waals surface area contributed by atoms with Gasteiger partial charge in [0, 0.05) is 18.7 Å². The third-order valence-electron chi connectivity index (χ3n) is 6.34. The molecule has 13 heteroatoms. The molecule has 1 saturated heterocycles. The quantitative estimate of drug-likeness (QED) is 0.392. The number of aryl methyl sites for hydroxylation is 1. The summed E-state index contributed by atoms with van der Waals surface area (Å²) in [5, 5.41) is 8.76. The van der Waals surface area contributed by atoms with Gasteiger partial charge in [0.2, 0.25) is 0 Å². The molecule has 3 aromatic rings. The molecule has 38 heavy (non-hydrogen) atoms. The lowest BCUT2D eigenvalue weighted by Gasteiger charge is -2.23. The Hall–Kier alpha value is -3.74. The molecule has 4 rings (SSSR count). The standard InChI is InChI=1S/C25H24F4N4O4S/c1-15-6-7-16(26)12-17(15)23-18(25(27,28)29)8-9-19(30-23)32-38(36,37)21-5-3-4-20(31-21)33-11-10-24(2,14-33)13-22(34)35/h3-9,12H,10-11,13-14H2,1-2H3,(H,30,32)(H,34,35). The number of carboxylic acids is 1. The van der Waals surface area contributed by atoms with Gasteiger partial charge in [-0.1, -0.05) is 19.1 Å². The van der Waals surface area contributed by atoms with Crippen molar-refractivity contribution in [2.24, 2.45) is 5.41 Å². The maximum Gasteiger partial charge on any atom is 0.418 e. The highest BCUT2D eigenvalue weighted by atomic mass is 32.2. The fraction of sp³-hybridized carbons (Fsp3) is 0.320. The van der Waals surface area contributed by atoms with E-state index in [1.54, 1.807) is 11.0 Å². The van der Waals surface area contributed by atoms with Crippen LogP contribution in [0.5, 0.6) is 0 Å². The van der Waals surface area contributed by atoms with E-state index >= 15 is 0 Å². The van der Waals surface area contributed by atoms with E-state index in [1.807, 2.05) is 6.92 Å². The topological polar surface area (TPSA) is 112 Å². The Kier molecular flexibility index (Phi) is 7.08. The molecule has 1 aromatic carbocycles. The van der Waals surface area contributed by atoms with E-state index in [-0.39, 0.29) is 12.0 Å². The maximum absolute atomic E-state index is 13.9. The zero-order chi connectivity index (χ0) is 27.9. The van der Waals surface area contributed by atoms with Crippen molar-refractivity contribution >= 4 is 27.6 Å². The summed E-state index contributed by atoms with van der Waals surface area (Å²) in [6.07, 6.45) is -4.29. The molecule has 0 spiro atoms. The second kappa shape index (κ2) is 9.86. The number of aromatic nitrogens is 2. The van der Waals surface area contributed by atoms with Gasteiger partial charge in [0.05, 0.1) is 17.7 Å². The minimum Gasteiger partial charge on any atom is -0.481 e. The zero-order valence-corrected chi connectivity index (χ0v) is 21.2. The monoisotopic (exact) mass is 552 g/mol. The first kappa shape index (κ1) is 27.3. The van der Waals surface area contributed by atoms with Crippen molar-refractivity contribution in [2.75, 3.05) is 22.7 Å². The highest BCUT2D eigenvalue weighted by Gasteiger charge is 2.37. The van der Waals surface area contributed by atoms with Crippen LogP contribution in [-0.2, 0) is 21.0 Å². The van der Waals surface area contributed by atoms with Crippen LogP contribution < -0.4 is 9.62 Å². The number of alkyl halides is 3. The zero-order valence-electron chi connectivity index (χ0n) is 20.4. The first-order valence-electron chi connectivity index (χ1n) is 11.5. The summed E-state index contributed by atoms with van der Waals surface area (Å²) >= 11 is 0. The molecule has 0 aliphatic carbocycles. The van der Waals surface area contributed by atoms with Crippen molar-refractivity contribution in [3.63, 3.8) is 0 Å². The molecule has 0 bridgehead atoms. The average Bonchev–Trinajstić information content (AvgIpc) is 3.20. The largest absolute Gasteiger partial charge is 0.481 e. The summed E-state index contributed by atoms with van der Waals surface area (Å²) in [7, 11) is -4.38. The van der Waals surface area contributed by atoms with Gasteiger partial charge in [-0.15, -0.1) is 0 Å². The summed E-state index contributed by atoms with van der Waals surface area (Å²) in [4.78, 5) is 21.1. The maximum atomic E-state index is 13.9. The van der Waals surface area contributed by atoms with E-state index in [1.165, 1.54) is 25.1 Å². The van der Waals surface area contributed by atoms with Gasteiger partial charge in [-0.25, -0.2) is 14.4 Å². The Labute approximate surface area is 216 Å². The molecule has 0 saturated carbocycles.